The molecule has 92 valence electrons. The first-order valence-corrected chi connectivity index (χ1v) is 8.16. The molecule has 0 bridgehead atoms. The second-order valence-electron chi connectivity index (χ2n) is 3.91. The van der Waals surface area contributed by atoms with Gasteiger partial charge in [0.25, 0.3) is 0 Å². The minimum absolute atomic E-state index is 0.471. The SMILES string of the molecule is C[C@H](Cc1nc2ccccc2s1)Sc1nncs1. The van der Waals surface area contributed by atoms with Crippen LogP contribution in [-0.2, 0) is 6.42 Å². The van der Waals surface area contributed by atoms with Gasteiger partial charge in [0.1, 0.15) is 5.51 Å². The smallest absolute Gasteiger partial charge is 0.174 e. The first kappa shape index (κ1) is 12.1. The van der Waals surface area contributed by atoms with E-state index in [0.717, 1.165) is 16.3 Å². The molecule has 1 aromatic carbocycles. The van der Waals surface area contributed by atoms with Crippen molar-refractivity contribution in [2.45, 2.75) is 22.9 Å². The molecule has 0 aliphatic heterocycles. The van der Waals surface area contributed by atoms with Gasteiger partial charge >= 0.3 is 0 Å². The third kappa shape index (κ3) is 2.71. The first-order valence-electron chi connectivity index (χ1n) is 5.58. The molecule has 6 heteroatoms. The number of para-hydroxylation sites is 1. The van der Waals surface area contributed by atoms with Gasteiger partial charge in [0.05, 0.1) is 15.2 Å². The molecule has 3 nitrogen and oxygen atoms in total. The maximum absolute atomic E-state index is 4.65. The molecular formula is C12H11N3S3. The molecule has 0 aliphatic rings. The third-order valence-corrected chi connectivity index (χ3v) is 5.41. The third-order valence-electron chi connectivity index (χ3n) is 2.44. The van der Waals surface area contributed by atoms with Gasteiger partial charge in [0.2, 0.25) is 0 Å². The van der Waals surface area contributed by atoms with E-state index in [9.17, 15) is 0 Å². The standard InChI is InChI=1S/C12H11N3S3/c1-8(17-12-15-13-7-16-12)6-11-14-9-4-2-3-5-10(9)18-11/h2-5,7-8H,6H2,1H3/t8-/m1/s1. The Morgan fingerprint density at radius 3 is 3.00 bits per heavy atom. The van der Waals surface area contributed by atoms with E-state index in [1.165, 1.54) is 9.71 Å². The summed E-state index contributed by atoms with van der Waals surface area (Å²) < 4.78 is 2.30. The summed E-state index contributed by atoms with van der Waals surface area (Å²) in [5, 5.41) is 9.57. The number of thiazole rings is 1. The molecular weight excluding hydrogens is 282 g/mol. The number of benzene rings is 1. The average Bonchev–Trinajstić information content (AvgIpc) is 2.96. The summed E-state index contributed by atoms with van der Waals surface area (Å²) in [6.45, 7) is 2.21. The number of aromatic nitrogens is 3. The summed E-state index contributed by atoms with van der Waals surface area (Å²) in [5.41, 5.74) is 2.87. The van der Waals surface area contributed by atoms with E-state index in [0.29, 0.717) is 5.25 Å². The van der Waals surface area contributed by atoms with Crippen LogP contribution in [0.25, 0.3) is 10.2 Å². The lowest BCUT2D eigenvalue weighted by atomic mass is 10.3. The minimum Gasteiger partial charge on any atom is -0.241 e. The van der Waals surface area contributed by atoms with Gasteiger partial charge < -0.3 is 0 Å². The quantitative estimate of drug-likeness (QED) is 0.684. The first-order chi connectivity index (χ1) is 8.81. The molecule has 0 saturated carbocycles. The molecule has 0 aliphatic carbocycles. The summed E-state index contributed by atoms with van der Waals surface area (Å²) in [7, 11) is 0. The molecule has 2 aromatic heterocycles. The van der Waals surface area contributed by atoms with Crippen LogP contribution >= 0.6 is 34.4 Å². The summed E-state index contributed by atoms with van der Waals surface area (Å²) in [6, 6.07) is 8.28. The molecule has 0 fully saturated rings. The number of rotatable bonds is 4. The Bertz CT molecular complexity index is 600. The van der Waals surface area contributed by atoms with Gasteiger partial charge in [-0.15, -0.1) is 21.5 Å². The van der Waals surface area contributed by atoms with Crippen LogP contribution in [0.3, 0.4) is 0 Å². The Labute approximate surface area is 117 Å². The van der Waals surface area contributed by atoms with Crippen LogP contribution < -0.4 is 0 Å². The fourth-order valence-corrected chi connectivity index (χ4v) is 4.69. The van der Waals surface area contributed by atoms with Gasteiger partial charge in [-0.05, 0) is 12.1 Å². The molecule has 2 heterocycles. The van der Waals surface area contributed by atoms with E-state index in [1.54, 1.807) is 39.9 Å². The Morgan fingerprint density at radius 2 is 2.22 bits per heavy atom. The average molecular weight is 293 g/mol. The number of nitrogens with zero attached hydrogens (tertiary/aromatic N) is 3. The molecule has 0 saturated heterocycles. The van der Waals surface area contributed by atoms with Crippen molar-refractivity contribution in [1.82, 2.24) is 15.2 Å². The lowest BCUT2D eigenvalue weighted by Gasteiger charge is -2.05. The lowest BCUT2D eigenvalue weighted by molar-refractivity contribution is 0.924. The second kappa shape index (κ2) is 5.34. The van der Waals surface area contributed by atoms with Gasteiger partial charge in [-0.2, -0.15) is 0 Å². The zero-order valence-corrected chi connectivity index (χ0v) is 12.2. The van der Waals surface area contributed by atoms with E-state index < -0.39 is 0 Å². The molecule has 0 spiro atoms. The molecule has 0 N–H and O–H groups in total. The van der Waals surface area contributed by atoms with Crippen LogP contribution in [0.4, 0.5) is 0 Å². The van der Waals surface area contributed by atoms with Crippen molar-refractivity contribution in [1.29, 1.82) is 0 Å². The van der Waals surface area contributed by atoms with Gasteiger partial charge in [-0.3, -0.25) is 0 Å². The highest BCUT2D eigenvalue weighted by Gasteiger charge is 2.11. The van der Waals surface area contributed by atoms with E-state index in [1.807, 2.05) is 6.07 Å². The Kier molecular flexibility index (Phi) is 3.58. The van der Waals surface area contributed by atoms with E-state index >= 15 is 0 Å². The highest BCUT2D eigenvalue weighted by molar-refractivity contribution is 8.01. The monoisotopic (exact) mass is 293 g/mol. The lowest BCUT2D eigenvalue weighted by Crippen LogP contribution is -2.00. The minimum atomic E-state index is 0.471. The van der Waals surface area contributed by atoms with Gasteiger partial charge in [0.15, 0.2) is 4.34 Å². The fraction of sp³-hybridized carbons (Fsp3) is 0.250. The molecule has 0 amide bonds. The summed E-state index contributed by atoms with van der Waals surface area (Å²) in [4.78, 5) is 4.65. The van der Waals surface area contributed by atoms with Crippen molar-refractivity contribution in [2.24, 2.45) is 0 Å². The topological polar surface area (TPSA) is 38.7 Å². The summed E-state index contributed by atoms with van der Waals surface area (Å²) in [5.74, 6) is 0. The fourth-order valence-electron chi connectivity index (χ4n) is 1.68. The highest BCUT2D eigenvalue weighted by atomic mass is 32.2. The largest absolute Gasteiger partial charge is 0.241 e. The van der Waals surface area contributed by atoms with Crippen LogP contribution in [-0.4, -0.2) is 20.4 Å². The van der Waals surface area contributed by atoms with Crippen LogP contribution in [0.1, 0.15) is 11.9 Å². The molecule has 0 radical (unpaired) electrons. The van der Waals surface area contributed by atoms with Crippen LogP contribution in [0.2, 0.25) is 0 Å². The Hall–Kier alpha value is -0.980. The van der Waals surface area contributed by atoms with E-state index in [-0.39, 0.29) is 0 Å². The number of fused-ring (bicyclic) bond motifs is 1. The van der Waals surface area contributed by atoms with Crippen LogP contribution in [0.15, 0.2) is 34.1 Å². The zero-order valence-electron chi connectivity index (χ0n) is 9.74. The zero-order chi connectivity index (χ0) is 12.4. The van der Waals surface area contributed by atoms with Gasteiger partial charge in [0, 0.05) is 11.7 Å². The molecule has 3 aromatic rings. The van der Waals surface area contributed by atoms with Crippen LogP contribution in [0, 0.1) is 0 Å². The van der Waals surface area contributed by atoms with Crippen LogP contribution in [0.5, 0.6) is 0 Å². The number of thioether (sulfide) groups is 1. The normalized spacial score (nSPS) is 12.9. The van der Waals surface area contributed by atoms with Crippen molar-refractivity contribution in [2.75, 3.05) is 0 Å². The second-order valence-corrected chi connectivity index (χ2v) is 7.55. The molecule has 0 unspecified atom stereocenters. The van der Waals surface area contributed by atoms with E-state index in [2.05, 4.69) is 40.3 Å². The molecule has 3 rings (SSSR count). The Morgan fingerprint density at radius 1 is 1.33 bits per heavy atom. The van der Waals surface area contributed by atoms with Crippen molar-refractivity contribution in [3.8, 4) is 0 Å². The van der Waals surface area contributed by atoms with Crippen molar-refractivity contribution in [3.63, 3.8) is 0 Å². The highest BCUT2D eigenvalue weighted by Crippen LogP contribution is 2.29. The maximum atomic E-state index is 4.65. The molecule has 18 heavy (non-hydrogen) atoms. The Balaban J connectivity index is 1.71. The van der Waals surface area contributed by atoms with Gasteiger partial charge in [-0.25, -0.2) is 4.98 Å². The molecule has 1 atom stereocenters. The maximum Gasteiger partial charge on any atom is 0.174 e. The number of hydrogen-bond acceptors (Lipinski definition) is 6. The van der Waals surface area contributed by atoms with E-state index in [4.69, 9.17) is 0 Å². The summed E-state index contributed by atoms with van der Waals surface area (Å²) >= 11 is 5.14. The summed E-state index contributed by atoms with van der Waals surface area (Å²) in [6.07, 6.45) is 0.976. The van der Waals surface area contributed by atoms with Gasteiger partial charge in [-0.1, -0.05) is 42.2 Å². The van der Waals surface area contributed by atoms with Crippen molar-refractivity contribution in [3.05, 3.63) is 34.8 Å². The number of hydrogen-bond donors (Lipinski definition) is 0. The van der Waals surface area contributed by atoms with Crippen molar-refractivity contribution >= 4 is 44.7 Å². The predicted octanol–water partition coefficient (Wildman–Crippen LogP) is 3.87. The van der Waals surface area contributed by atoms with Crippen molar-refractivity contribution < 1.29 is 0 Å². The predicted molar refractivity (Wildman–Crippen MR) is 78.6 cm³/mol.